The molecule has 0 radical (unpaired) electrons. The van der Waals surface area contributed by atoms with Crippen LogP contribution < -0.4 is 10.6 Å². The van der Waals surface area contributed by atoms with Crippen LogP contribution in [0, 0.1) is 6.92 Å². The molecule has 0 aromatic carbocycles. The molecule has 3 N–H and O–H groups in total. The first-order chi connectivity index (χ1) is 7.09. The highest BCUT2D eigenvalue weighted by molar-refractivity contribution is 5.78. The molecule has 0 saturated carbocycles. The number of nitrogens with zero attached hydrogens (tertiary/aromatic N) is 1. The highest BCUT2D eigenvalue weighted by Gasteiger charge is 2.04. The van der Waals surface area contributed by atoms with Crippen molar-refractivity contribution >= 4 is 5.91 Å². The van der Waals surface area contributed by atoms with E-state index in [-0.39, 0.29) is 5.91 Å². The first-order valence-corrected chi connectivity index (χ1v) is 5.08. The first-order valence-electron chi connectivity index (χ1n) is 5.08. The maximum atomic E-state index is 11.3. The zero-order chi connectivity index (χ0) is 11.3. The Kier molecular flexibility index (Phi) is 4.30. The summed E-state index contributed by atoms with van der Waals surface area (Å²) in [7, 11) is 0. The van der Waals surface area contributed by atoms with Gasteiger partial charge >= 0.3 is 0 Å². The molecule has 0 aliphatic carbocycles. The van der Waals surface area contributed by atoms with E-state index in [1.165, 1.54) is 0 Å². The van der Waals surface area contributed by atoms with Crippen LogP contribution in [0.4, 0.5) is 0 Å². The molecule has 5 nitrogen and oxygen atoms in total. The van der Waals surface area contributed by atoms with Crippen molar-refractivity contribution in [1.82, 2.24) is 20.8 Å². The van der Waals surface area contributed by atoms with Crippen LogP contribution in [0.15, 0.2) is 6.20 Å². The van der Waals surface area contributed by atoms with Crippen molar-refractivity contribution in [2.24, 2.45) is 0 Å². The molecule has 15 heavy (non-hydrogen) atoms. The minimum Gasteiger partial charge on any atom is -0.351 e. The van der Waals surface area contributed by atoms with Gasteiger partial charge in [0, 0.05) is 23.8 Å². The number of rotatable bonds is 5. The molecule has 1 rings (SSSR count). The Balaban J connectivity index is 2.26. The van der Waals surface area contributed by atoms with Gasteiger partial charge in [-0.15, -0.1) is 0 Å². The van der Waals surface area contributed by atoms with Gasteiger partial charge in [-0.3, -0.25) is 9.89 Å². The topological polar surface area (TPSA) is 69.8 Å². The largest absolute Gasteiger partial charge is 0.351 e. The van der Waals surface area contributed by atoms with E-state index in [0.717, 1.165) is 11.3 Å². The minimum atomic E-state index is 0.00398. The van der Waals surface area contributed by atoms with Crippen molar-refractivity contribution in [3.05, 3.63) is 17.5 Å². The summed E-state index contributed by atoms with van der Waals surface area (Å²) in [6.45, 7) is 6.83. The molecule has 0 fully saturated rings. The zero-order valence-electron chi connectivity index (χ0n) is 9.42. The highest BCUT2D eigenvalue weighted by Crippen LogP contribution is 2.00. The number of nitrogens with one attached hydrogen (secondary N) is 3. The maximum absolute atomic E-state index is 11.3. The summed E-state index contributed by atoms with van der Waals surface area (Å²) in [4.78, 5) is 11.3. The Labute approximate surface area is 89.6 Å². The van der Waals surface area contributed by atoms with E-state index in [1.807, 2.05) is 20.8 Å². The van der Waals surface area contributed by atoms with Crippen molar-refractivity contribution in [1.29, 1.82) is 0 Å². The molecule has 1 aromatic rings. The van der Waals surface area contributed by atoms with Crippen molar-refractivity contribution in [2.45, 2.75) is 33.4 Å². The number of aryl methyl sites for hydroxylation is 1. The van der Waals surface area contributed by atoms with Crippen LogP contribution in [0.25, 0.3) is 0 Å². The average molecular weight is 210 g/mol. The number of hydrogen-bond acceptors (Lipinski definition) is 3. The first kappa shape index (κ1) is 11.7. The summed E-state index contributed by atoms with van der Waals surface area (Å²) >= 11 is 0. The monoisotopic (exact) mass is 210 g/mol. The Morgan fingerprint density at radius 2 is 2.33 bits per heavy atom. The van der Waals surface area contributed by atoms with Crippen LogP contribution in [0.3, 0.4) is 0 Å². The predicted molar refractivity (Wildman–Crippen MR) is 58.3 cm³/mol. The summed E-state index contributed by atoms with van der Waals surface area (Å²) in [6.07, 6.45) is 1.73. The molecule has 1 heterocycles. The lowest BCUT2D eigenvalue weighted by atomic mass is 10.2. The molecule has 0 atom stereocenters. The van der Waals surface area contributed by atoms with E-state index in [4.69, 9.17) is 0 Å². The van der Waals surface area contributed by atoms with E-state index < -0.39 is 0 Å². The van der Waals surface area contributed by atoms with Gasteiger partial charge in [0.15, 0.2) is 0 Å². The fraction of sp³-hybridized carbons (Fsp3) is 0.600. The van der Waals surface area contributed by atoms with Crippen LogP contribution >= 0.6 is 0 Å². The molecule has 1 aromatic heterocycles. The van der Waals surface area contributed by atoms with Crippen molar-refractivity contribution in [3.63, 3.8) is 0 Å². The van der Waals surface area contributed by atoms with E-state index in [9.17, 15) is 4.79 Å². The van der Waals surface area contributed by atoms with Crippen LogP contribution in [0.2, 0.25) is 0 Å². The van der Waals surface area contributed by atoms with Crippen LogP contribution in [0.1, 0.15) is 25.1 Å². The van der Waals surface area contributed by atoms with E-state index in [2.05, 4.69) is 20.8 Å². The molecule has 0 spiro atoms. The lowest BCUT2D eigenvalue weighted by molar-refractivity contribution is -0.120. The fourth-order valence-electron chi connectivity index (χ4n) is 1.11. The number of carbonyl (C=O) groups excluding carboxylic acids is 1. The number of hydrogen-bond donors (Lipinski definition) is 3. The number of H-pyrrole nitrogens is 1. The second-order valence-corrected chi connectivity index (χ2v) is 3.83. The van der Waals surface area contributed by atoms with Gasteiger partial charge in [-0.25, -0.2) is 0 Å². The Morgan fingerprint density at radius 1 is 1.60 bits per heavy atom. The normalized spacial score (nSPS) is 10.7. The Morgan fingerprint density at radius 3 is 2.87 bits per heavy atom. The quantitative estimate of drug-likeness (QED) is 0.656. The molecule has 0 bridgehead atoms. The Hall–Kier alpha value is -1.36. The number of aromatic amines is 1. The van der Waals surface area contributed by atoms with Gasteiger partial charge < -0.3 is 10.6 Å². The zero-order valence-corrected chi connectivity index (χ0v) is 9.42. The summed E-state index contributed by atoms with van der Waals surface area (Å²) < 4.78 is 0. The lowest BCUT2D eigenvalue weighted by Gasteiger charge is -2.08. The second kappa shape index (κ2) is 5.50. The lowest BCUT2D eigenvalue weighted by Crippen LogP contribution is -2.36. The predicted octanol–water partition coefficient (Wildman–Crippen LogP) is 0.332. The van der Waals surface area contributed by atoms with Crippen LogP contribution in [0.5, 0.6) is 0 Å². The third kappa shape index (κ3) is 4.12. The molecule has 0 saturated heterocycles. The number of aromatic nitrogens is 2. The van der Waals surface area contributed by atoms with Gasteiger partial charge in [0.25, 0.3) is 0 Å². The highest BCUT2D eigenvalue weighted by atomic mass is 16.1. The van der Waals surface area contributed by atoms with Crippen LogP contribution in [-0.4, -0.2) is 28.7 Å². The van der Waals surface area contributed by atoms with Crippen molar-refractivity contribution in [3.8, 4) is 0 Å². The molecule has 0 aliphatic rings. The molecule has 84 valence electrons. The smallest absolute Gasteiger partial charge is 0.234 e. The van der Waals surface area contributed by atoms with Gasteiger partial charge in [-0.1, -0.05) is 13.8 Å². The maximum Gasteiger partial charge on any atom is 0.234 e. The third-order valence-electron chi connectivity index (χ3n) is 2.08. The van der Waals surface area contributed by atoms with E-state index >= 15 is 0 Å². The van der Waals surface area contributed by atoms with Crippen molar-refractivity contribution in [2.75, 3.05) is 6.54 Å². The van der Waals surface area contributed by atoms with Gasteiger partial charge in [-0.05, 0) is 6.92 Å². The van der Waals surface area contributed by atoms with Gasteiger partial charge in [0.2, 0.25) is 5.91 Å². The summed E-state index contributed by atoms with van der Waals surface area (Å²) in [5.74, 6) is 0.00398. The SMILES string of the molecule is Cc1[nH]ncc1CNC(=O)CNC(C)C. The summed E-state index contributed by atoms with van der Waals surface area (Å²) in [5, 5.41) is 12.6. The average Bonchev–Trinajstić information content (AvgIpc) is 2.58. The summed E-state index contributed by atoms with van der Waals surface area (Å²) in [5.41, 5.74) is 2.01. The number of carbonyl (C=O) groups is 1. The van der Waals surface area contributed by atoms with Gasteiger partial charge in [0.1, 0.15) is 0 Å². The number of amides is 1. The van der Waals surface area contributed by atoms with E-state index in [0.29, 0.717) is 19.1 Å². The van der Waals surface area contributed by atoms with Gasteiger partial charge in [0.05, 0.1) is 12.7 Å². The van der Waals surface area contributed by atoms with Crippen molar-refractivity contribution < 1.29 is 4.79 Å². The second-order valence-electron chi connectivity index (χ2n) is 3.83. The molecule has 0 unspecified atom stereocenters. The van der Waals surface area contributed by atoms with Crippen LogP contribution in [-0.2, 0) is 11.3 Å². The molecule has 5 heteroatoms. The van der Waals surface area contributed by atoms with E-state index in [1.54, 1.807) is 6.20 Å². The molecular formula is C10H18N4O. The fourth-order valence-corrected chi connectivity index (χ4v) is 1.11. The standard InChI is InChI=1S/C10H18N4O/c1-7(2)11-6-10(15)12-4-9-5-13-14-8(9)3/h5,7,11H,4,6H2,1-3H3,(H,12,15)(H,13,14). The minimum absolute atomic E-state index is 0.00398. The molecular weight excluding hydrogens is 192 g/mol. The summed E-state index contributed by atoms with van der Waals surface area (Å²) in [6, 6.07) is 0.325. The molecule has 1 amide bonds. The molecule has 0 aliphatic heterocycles. The third-order valence-corrected chi connectivity index (χ3v) is 2.08. The van der Waals surface area contributed by atoms with Gasteiger partial charge in [-0.2, -0.15) is 5.10 Å². The Bertz CT molecular complexity index is 319.